The minimum absolute atomic E-state index is 0.192. The molecule has 0 aliphatic rings. The number of fused-ring (bicyclic) bond motifs is 1. The number of benzene rings is 2. The van der Waals surface area contributed by atoms with Gasteiger partial charge in [-0.25, -0.2) is 18.2 Å². The lowest BCUT2D eigenvalue weighted by Crippen LogP contribution is -1.96. The molecule has 0 unspecified atom stereocenters. The van der Waals surface area contributed by atoms with E-state index in [0.29, 0.717) is 11.6 Å². The Labute approximate surface area is 139 Å². The summed E-state index contributed by atoms with van der Waals surface area (Å²) in [5.41, 5.74) is 3.96. The summed E-state index contributed by atoms with van der Waals surface area (Å²) in [4.78, 5) is 8.37. The molecule has 0 aliphatic carbocycles. The lowest BCUT2D eigenvalue weighted by molar-refractivity contribution is 0.497. The zero-order valence-corrected chi connectivity index (χ0v) is 12.9. The molecule has 118 valence electrons. The number of aromatic nitrogens is 2. The Morgan fingerprint density at radius 3 is 2.62 bits per heavy atom. The van der Waals surface area contributed by atoms with Crippen LogP contribution in [0.1, 0.15) is 0 Å². The highest BCUT2D eigenvalue weighted by Crippen LogP contribution is 2.34. The number of hydrogen-bond donors (Lipinski definition) is 0. The van der Waals surface area contributed by atoms with Gasteiger partial charge in [0.2, 0.25) is 0 Å². The van der Waals surface area contributed by atoms with Crippen molar-refractivity contribution in [1.29, 1.82) is 0 Å². The third-order valence-corrected chi connectivity index (χ3v) is 4.49. The van der Waals surface area contributed by atoms with Gasteiger partial charge in [0.05, 0.1) is 21.4 Å². The van der Waals surface area contributed by atoms with Gasteiger partial charge in [-0.1, -0.05) is 12.1 Å². The van der Waals surface area contributed by atoms with Crippen molar-refractivity contribution in [2.24, 2.45) is 0 Å². The van der Waals surface area contributed by atoms with E-state index in [1.165, 1.54) is 17.5 Å². The fourth-order valence-electron chi connectivity index (χ4n) is 2.60. The molecule has 4 rings (SSSR count). The SMILES string of the molecule is Fc1cc(F)c(F)c(-c2ncccc2-c2ccc3ncsc3c2)c1. The number of halogens is 3. The van der Waals surface area contributed by atoms with Crippen LogP contribution < -0.4 is 0 Å². The summed E-state index contributed by atoms with van der Waals surface area (Å²) in [6, 6.07) is 10.5. The maximum Gasteiger partial charge on any atom is 0.168 e. The molecule has 2 aromatic heterocycles. The van der Waals surface area contributed by atoms with Gasteiger partial charge in [-0.2, -0.15) is 0 Å². The lowest BCUT2D eigenvalue weighted by Gasteiger charge is -2.10. The molecule has 4 aromatic rings. The fraction of sp³-hybridized carbons (Fsp3) is 0. The predicted octanol–water partition coefficient (Wildman–Crippen LogP) is 5.44. The zero-order chi connectivity index (χ0) is 16.7. The third-order valence-electron chi connectivity index (χ3n) is 3.70. The van der Waals surface area contributed by atoms with Crippen molar-refractivity contribution >= 4 is 21.6 Å². The summed E-state index contributed by atoms with van der Waals surface area (Å²) in [5, 5.41) is 0. The molecule has 0 bridgehead atoms. The average molecular weight is 342 g/mol. The molecule has 0 fully saturated rings. The molecule has 0 saturated heterocycles. The van der Waals surface area contributed by atoms with E-state index in [2.05, 4.69) is 9.97 Å². The van der Waals surface area contributed by atoms with Gasteiger partial charge in [0.15, 0.2) is 11.6 Å². The van der Waals surface area contributed by atoms with Crippen molar-refractivity contribution in [2.75, 3.05) is 0 Å². The van der Waals surface area contributed by atoms with E-state index in [9.17, 15) is 13.2 Å². The van der Waals surface area contributed by atoms with Gasteiger partial charge in [0.25, 0.3) is 0 Å². The molecule has 0 aliphatic heterocycles. The first-order valence-corrected chi connectivity index (χ1v) is 7.95. The Morgan fingerprint density at radius 2 is 1.75 bits per heavy atom. The third kappa shape index (κ3) is 2.45. The van der Waals surface area contributed by atoms with Gasteiger partial charge in [0.1, 0.15) is 5.82 Å². The Bertz CT molecular complexity index is 1060. The number of pyridine rings is 1. The Hall–Kier alpha value is -2.73. The fourth-order valence-corrected chi connectivity index (χ4v) is 3.32. The van der Waals surface area contributed by atoms with Crippen molar-refractivity contribution < 1.29 is 13.2 Å². The van der Waals surface area contributed by atoms with Gasteiger partial charge in [-0.05, 0) is 29.8 Å². The van der Waals surface area contributed by atoms with Crippen LogP contribution in [0.25, 0.3) is 32.6 Å². The highest BCUT2D eigenvalue weighted by atomic mass is 32.1. The lowest BCUT2D eigenvalue weighted by atomic mass is 9.99. The molecule has 2 heterocycles. The number of hydrogen-bond acceptors (Lipinski definition) is 3. The van der Waals surface area contributed by atoms with Crippen LogP contribution in [0.4, 0.5) is 13.2 Å². The summed E-state index contributed by atoms with van der Waals surface area (Å²) in [5.74, 6) is -3.20. The summed E-state index contributed by atoms with van der Waals surface area (Å²) in [7, 11) is 0. The van der Waals surface area contributed by atoms with Gasteiger partial charge < -0.3 is 0 Å². The Kier molecular flexibility index (Phi) is 3.54. The van der Waals surface area contributed by atoms with Crippen LogP contribution in [0, 0.1) is 17.5 Å². The number of thiazole rings is 1. The van der Waals surface area contributed by atoms with E-state index in [1.54, 1.807) is 17.6 Å². The molecule has 24 heavy (non-hydrogen) atoms. The second kappa shape index (κ2) is 5.72. The number of rotatable bonds is 2. The summed E-state index contributed by atoms with van der Waals surface area (Å²) < 4.78 is 42.3. The first-order chi connectivity index (χ1) is 11.6. The van der Waals surface area contributed by atoms with Gasteiger partial charge >= 0.3 is 0 Å². The van der Waals surface area contributed by atoms with E-state index in [1.807, 2.05) is 18.2 Å². The predicted molar refractivity (Wildman–Crippen MR) is 88.2 cm³/mol. The number of nitrogens with zero attached hydrogens (tertiary/aromatic N) is 2. The van der Waals surface area contributed by atoms with Gasteiger partial charge in [0, 0.05) is 23.4 Å². The van der Waals surface area contributed by atoms with Crippen LogP contribution in [0.15, 0.2) is 54.2 Å². The maximum absolute atomic E-state index is 14.2. The van der Waals surface area contributed by atoms with Crippen LogP contribution in [-0.2, 0) is 0 Å². The molecular weight excluding hydrogens is 333 g/mol. The van der Waals surface area contributed by atoms with Crippen molar-refractivity contribution in [2.45, 2.75) is 0 Å². The van der Waals surface area contributed by atoms with Crippen LogP contribution in [-0.4, -0.2) is 9.97 Å². The molecule has 2 nitrogen and oxygen atoms in total. The van der Waals surface area contributed by atoms with Crippen LogP contribution in [0.3, 0.4) is 0 Å². The van der Waals surface area contributed by atoms with Crippen LogP contribution in [0.2, 0.25) is 0 Å². The smallest absolute Gasteiger partial charge is 0.168 e. The molecule has 0 spiro atoms. The topological polar surface area (TPSA) is 25.8 Å². The molecule has 0 atom stereocenters. The van der Waals surface area contributed by atoms with Crippen molar-refractivity contribution in [1.82, 2.24) is 9.97 Å². The molecule has 0 amide bonds. The van der Waals surface area contributed by atoms with Crippen molar-refractivity contribution in [3.63, 3.8) is 0 Å². The van der Waals surface area contributed by atoms with E-state index < -0.39 is 17.5 Å². The molecule has 0 radical (unpaired) electrons. The largest absolute Gasteiger partial charge is 0.255 e. The molecule has 0 N–H and O–H groups in total. The summed E-state index contributed by atoms with van der Waals surface area (Å²) in [6.45, 7) is 0. The first kappa shape index (κ1) is 14.8. The Balaban J connectivity index is 1.96. The zero-order valence-electron chi connectivity index (χ0n) is 12.1. The van der Waals surface area contributed by atoms with Gasteiger partial charge in [-0.15, -0.1) is 11.3 Å². The highest BCUT2D eigenvalue weighted by Gasteiger charge is 2.17. The quantitative estimate of drug-likeness (QED) is 0.453. The first-order valence-electron chi connectivity index (χ1n) is 7.07. The monoisotopic (exact) mass is 342 g/mol. The summed E-state index contributed by atoms with van der Waals surface area (Å²) >= 11 is 1.48. The van der Waals surface area contributed by atoms with Crippen molar-refractivity contribution in [3.8, 4) is 22.4 Å². The molecular formula is C18H9F3N2S. The second-order valence-electron chi connectivity index (χ2n) is 5.18. The van der Waals surface area contributed by atoms with Crippen molar-refractivity contribution in [3.05, 3.63) is 71.6 Å². The summed E-state index contributed by atoms with van der Waals surface area (Å²) in [6.07, 6.45) is 1.46. The normalized spacial score (nSPS) is 11.1. The second-order valence-corrected chi connectivity index (χ2v) is 6.07. The molecule has 2 aromatic carbocycles. The van der Waals surface area contributed by atoms with E-state index in [4.69, 9.17) is 0 Å². The van der Waals surface area contributed by atoms with E-state index >= 15 is 0 Å². The van der Waals surface area contributed by atoms with Crippen LogP contribution in [0.5, 0.6) is 0 Å². The van der Waals surface area contributed by atoms with Gasteiger partial charge in [-0.3, -0.25) is 4.98 Å². The standard InChI is InChI=1S/C18H9F3N2S/c19-11-7-13(17(21)14(20)8-11)18-12(2-1-5-22-18)10-3-4-15-16(6-10)24-9-23-15/h1-9H. The average Bonchev–Trinajstić information content (AvgIpc) is 3.06. The minimum Gasteiger partial charge on any atom is -0.255 e. The van der Waals surface area contributed by atoms with E-state index in [0.717, 1.165) is 21.8 Å². The Morgan fingerprint density at radius 1 is 0.875 bits per heavy atom. The van der Waals surface area contributed by atoms with E-state index in [-0.39, 0.29) is 11.3 Å². The minimum atomic E-state index is -1.24. The molecule has 6 heteroatoms. The highest BCUT2D eigenvalue weighted by molar-refractivity contribution is 7.16. The van der Waals surface area contributed by atoms with Crippen LogP contribution >= 0.6 is 11.3 Å². The molecule has 0 saturated carbocycles. The maximum atomic E-state index is 14.2.